The molecule has 0 spiro atoms. The van der Waals surface area contributed by atoms with E-state index in [2.05, 4.69) is 5.32 Å². The summed E-state index contributed by atoms with van der Waals surface area (Å²) in [5.74, 6) is -0.814. The van der Waals surface area contributed by atoms with Crippen LogP contribution in [0.2, 0.25) is 0 Å². The third kappa shape index (κ3) is 4.61. The maximum atomic E-state index is 14.0. The summed E-state index contributed by atoms with van der Waals surface area (Å²) < 4.78 is 41.9. The monoisotopic (exact) mass is 549 g/mol. The number of halogens is 4. The van der Waals surface area contributed by atoms with Gasteiger partial charge in [0.1, 0.15) is 0 Å². The van der Waals surface area contributed by atoms with Gasteiger partial charge in [-0.3, -0.25) is 20.2 Å². The minimum Gasteiger partial charge on any atom is -0.377 e. The number of fused-ring (bicyclic) bond motifs is 3. The van der Waals surface area contributed by atoms with Crippen molar-refractivity contribution in [3.05, 3.63) is 104 Å². The predicted molar refractivity (Wildman–Crippen MR) is 134 cm³/mol. The number of hydrogen-bond donors (Lipinski definition) is 1. The lowest BCUT2D eigenvalue weighted by molar-refractivity contribution is -0.387. The highest BCUT2D eigenvalue weighted by Gasteiger charge is 2.52. The van der Waals surface area contributed by atoms with Gasteiger partial charge in [-0.25, -0.2) is 0 Å². The maximum absolute atomic E-state index is 14.0. The molecule has 3 aromatic rings. The SMILES string of the molecule is O=[N+]([O-])c1cccc([C@@H]2Nc3c(cccc3C(F)(F)F)[C@@H]3[C@H](Cl)[C@@H](Sc4ccccc4[N+](=O)[O-])C[C@H]32)c1. The van der Waals surface area contributed by atoms with Gasteiger partial charge in [-0.1, -0.05) is 36.4 Å². The lowest BCUT2D eigenvalue weighted by Gasteiger charge is -2.39. The highest BCUT2D eigenvalue weighted by atomic mass is 35.5. The molecule has 1 saturated carbocycles. The molecule has 5 rings (SSSR count). The zero-order valence-corrected chi connectivity index (χ0v) is 20.5. The van der Waals surface area contributed by atoms with Crippen LogP contribution >= 0.6 is 23.4 Å². The molecule has 1 aliphatic carbocycles. The normalized spacial score (nSPS) is 24.6. The Morgan fingerprint density at radius 2 is 1.70 bits per heavy atom. The fraction of sp³-hybridized carbons (Fsp3) is 0.280. The van der Waals surface area contributed by atoms with Crippen LogP contribution < -0.4 is 5.32 Å². The topological polar surface area (TPSA) is 98.3 Å². The first-order valence-electron chi connectivity index (χ1n) is 11.3. The second-order valence-corrected chi connectivity index (χ2v) is 10.8. The Morgan fingerprint density at radius 3 is 2.41 bits per heavy atom. The Balaban J connectivity index is 1.60. The fourth-order valence-corrected chi connectivity index (χ4v) is 7.36. The van der Waals surface area contributed by atoms with Gasteiger partial charge in [0.05, 0.1) is 37.4 Å². The van der Waals surface area contributed by atoms with Crippen LogP contribution in [-0.4, -0.2) is 20.5 Å². The van der Waals surface area contributed by atoms with Crippen molar-refractivity contribution in [2.75, 3.05) is 5.32 Å². The molecule has 5 atom stereocenters. The van der Waals surface area contributed by atoms with Gasteiger partial charge in [0.25, 0.3) is 11.4 Å². The van der Waals surface area contributed by atoms with Crippen LogP contribution in [0.5, 0.6) is 0 Å². The minimum atomic E-state index is -4.63. The van der Waals surface area contributed by atoms with Crippen molar-refractivity contribution in [2.45, 2.75) is 40.1 Å². The molecule has 1 heterocycles. The van der Waals surface area contributed by atoms with Crippen molar-refractivity contribution in [1.82, 2.24) is 0 Å². The van der Waals surface area contributed by atoms with E-state index in [1.807, 2.05) is 0 Å². The molecule has 1 N–H and O–H groups in total. The summed E-state index contributed by atoms with van der Waals surface area (Å²) in [6.07, 6.45) is -4.19. The Kier molecular flexibility index (Phi) is 6.53. The number of para-hydroxylation sites is 2. The smallest absolute Gasteiger partial charge is 0.377 e. The summed E-state index contributed by atoms with van der Waals surface area (Å²) in [5, 5.41) is 25.0. The van der Waals surface area contributed by atoms with Gasteiger partial charge in [0.2, 0.25) is 0 Å². The van der Waals surface area contributed by atoms with Crippen molar-refractivity contribution in [3.63, 3.8) is 0 Å². The van der Waals surface area contributed by atoms with Crippen LogP contribution in [0.4, 0.5) is 30.2 Å². The number of anilines is 1. The van der Waals surface area contributed by atoms with Crippen molar-refractivity contribution in [2.24, 2.45) is 5.92 Å². The standard InChI is InChI=1S/C25H19ClF3N3O4S/c26-22-20(37-19-10-2-1-9-18(19)32(35)36)12-16-21(22)15-7-4-8-17(25(27,28)29)24(15)30-23(16)13-5-3-6-14(11-13)31(33)34/h1-11,16,20-23,30H,12H2/t16-,20+,21+,22-,23+/m1/s1. The number of non-ortho nitro benzene ring substituents is 1. The number of benzene rings is 3. The minimum absolute atomic E-state index is 0.0700. The zero-order valence-electron chi connectivity index (χ0n) is 18.9. The lowest BCUT2D eigenvalue weighted by atomic mass is 9.76. The highest BCUT2D eigenvalue weighted by molar-refractivity contribution is 8.00. The van der Waals surface area contributed by atoms with Gasteiger partial charge < -0.3 is 5.32 Å². The average molecular weight is 550 g/mol. The Labute approximate surface area is 218 Å². The average Bonchev–Trinajstić information content (AvgIpc) is 3.18. The van der Waals surface area contributed by atoms with E-state index in [1.165, 1.54) is 42.1 Å². The number of hydrogen-bond acceptors (Lipinski definition) is 6. The van der Waals surface area contributed by atoms with Crippen LogP contribution in [-0.2, 0) is 6.18 Å². The van der Waals surface area contributed by atoms with E-state index in [4.69, 9.17) is 11.6 Å². The molecule has 7 nitrogen and oxygen atoms in total. The van der Waals surface area contributed by atoms with E-state index in [9.17, 15) is 33.4 Å². The molecular formula is C25H19ClF3N3O4S. The summed E-state index contributed by atoms with van der Waals surface area (Å²) in [4.78, 5) is 22.3. The molecule has 192 valence electrons. The number of nitro benzene ring substituents is 2. The Bertz CT molecular complexity index is 1390. The first-order chi connectivity index (χ1) is 17.6. The Hall–Kier alpha value is -3.31. The van der Waals surface area contributed by atoms with E-state index < -0.39 is 38.9 Å². The van der Waals surface area contributed by atoms with Gasteiger partial charge in [-0.2, -0.15) is 13.2 Å². The highest BCUT2D eigenvalue weighted by Crippen LogP contribution is 2.59. The summed E-state index contributed by atoms with van der Waals surface area (Å²) in [6, 6.07) is 15.4. The predicted octanol–water partition coefficient (Wildman–Crippen LogP) is 7.56. The number of nitro groups is 2. The number of rotatable bonds is 5. The van der Waals surface area contributed by atoms with Crippen LogP contribution in [0.3, 0.4) is 0 Å². The molecule has 0 aromatic heterocycles. The number of nitrogens with zero attached hydrogens (tertiary/aromatic N) is 2. The molecule has 0 bridgehead atoms. The molecule has 0 radical (unpaired) electrons. The van der Waals surface area contributed by atoms with Crippen molar-refractivity contribution >= 4 is 40.4 Å². The number of nitrogens with one attached hydrogen (secondary N) is 1. The molecular weight excluding hydrogens is 531 g/mol. The molecule has 2 aliphatic rings. The molecule has 0 amide bonds. The van der Waals surface area contributed by atoms with Crippen molar-refractivity contribution in [1.29, 1.82) is 0 Å². The second-order valence-electron chi connectivity index (χ2n) is 8.99. The second kappa shape index (κ2) is 9.53. The van der Waals surface area contributed by atoms with Crippen molar-refractivity contribution < 1.29 is 23.0 Å². The van der Waals surface area contributed by atoms with E-state index in [-0.39, 0.29) is 28.2 Å². The third-order valence-corrected chi connectivity index (χ3v) is 9.05. The largest absolute Gasteiger partial charge is 0.418 e. The number of alkyl halides is 4. The molecule has 1 fully saturated rings. The summed E-state index contributed by atoms with van der Waals surface area (Å²) in [6.45, 7) is 0. The maximum Gasteiger partial charge on any atom is 0.418 e. The van der Waals surface area contributed by atoms with Gasteiger partial charge in [0, 0.05) is 29.4 Å². The van der Waals surface area contributed by atoms with Crippen LogP contribution in [0, 0.1) is 26.1 Å². The van der Waals surface area contributed by atoms with Crippen LogP contribution in [0.15, 0.2) is 71.6 Å². The molecule has 0 unspecified atom stereocenters. The summed E-state index contributed by atoms with van der Waals surface area (Å²) in [7, 11) is 0. The van der Waals surface area contributed by atoms with Gasteiger partial charge in [-0.15, -0.1) is 23.4 Å². The third-order valence-electron chi connectivity index (χ3n) is 6.93. The first kappa shape index (κ1) is 25.3. The molecule has 12 heteroatoms. The van der Waals surface area contributed by atoms with Crippen LogP contribution in [0.1, 0.15) is 35.1 Å². The molecule has 1 aliphatic heterocycles. The molecule has 3 aromatic carbocycles. The quantitative estimate of drug-likeness (QED) is 0.200. The van der Waals surface area contributed by atoms with E-state index in [0.29, 0.717) is 22.4 Å². The van der Waals surface area contributed by atoms with Crippen molar-refractivity contribution in [3.8, 4) is 0 Å². The van der Waals surface area contributed by atoms with E-state index in [1.54, 1.807) is 30.3 Å². The Morgan fingerprint density at radius 1 is 0.973 bits per heavy atom. The summed E-state index contributed by atoms with van der Waals surface area (Å²) in [5.41, 5.74) is -0.261. The summed E-state index contributed by atoms with van der Waals surface area (Å²) >= 11 is 8.19. The zero-order chi connectivity index (χ0) is 26.5. The lowest BCUT2D eigenvalue weighted by Crippen LogP contribution is -2.32. The molecule has 37 heavy (non-hydrogen) atoms. The van der Waals surface area contributed by atoms with E-state index >= 15 is 0 Å². The van der Waals surface area contributed by atoms with Gasteiger partial charge in [-0.05, 0) is 35.6 Å². The van der Waals surface area contributed by atoms with Crippen LogP contribution in [0.25, 0.3) is 0 Å². The van der Waals surface area contributed by atoms with Gasteiger partial charge >= 0.3 is 6.18 Å². The first-order valence-corrected chi connectivity index (χ1v) is 12.6. The van der Waals surface area contributed by atoms with Gasteiger partial charge in [0.15, 0.2) is 0 Å². The van der Waals surface area contributed by atoms with E-state index in [0.717, 1.165) is 6.07 Å². The number of thioether (sulfide) groups is 1. The fourth-order valence-electron chi connectivity index (χ4n) is 5.41. The molecule has 0 saturated heterocycles.